The first-order valence-electron chi connectivity index (χ1n) is 20.3. The maximum absolute atomic E-state index is 11.8. The molecule has 67 heavy (non-hydrogen) atoms. The molecule has 0 radical (unpaired) electrons. The van der Waals surface area contributed by atoms with E-state index in [-0.39, 0.29) is 5.75 Å². The minimum Gasteiger partial charge on any atom is -0.508 e. The average Bonchev–Trinajstić information content (AvgIpc) is 3.69. The molecular formula is C53H39Br4F3O6S. The lowest BCUT2D eigenvalue weighted by atomic mass is 9.67. The van der Waals surface area contributed by atoms with Crippen molar-refractivity contribution < 1.29 is 41.5 Å². The molecule has 8 aromatic rings. The summed E-state index contributed by atoms with van der Waals surface area (Å²) >= 11 is 14.5. The zero-order valence-electron chi connectivity index (χ0n) is 35.4. The van der Waals surface area contributed by atoms with Crippen molar-refractivity contribution in [3.05, 3.63) is 244 Å². The summed E-state index contributed by atoms with van der Waals surface area (Å²) in [6.07, 6.45) is 0. The van der Waals surface area contributed by atoms with Crippen molar-refractivity contribution in [2.45, 2.75) is 30.4 Å². The summed E-state index contributed by atoms with van der Waals surface area (Å²) in [5.41, 5.74) is 7.50. The van der Waals surface area contributed by atoms with Crippen LogP contribution in [0.1, 0.15) is 50.1 Å². The number of phenolic OH excluding ortho intramolecular Hbond substituents is 2. The van der Waals surface area contributed by atoms with E-state index in [1.54, 1.807) is 36.4 Å². The highest BCUT2D eigenvalue weighted by atomic mass is 79.9. The number of rotatable bonds is 3. The molecule has 4 N–H and O–H groups in total. The third-order valence-electron chi connectivity index (χ3n) is 11.4. The second-order valence-electron chi connectivity index (χ2n) is 15.8. The van der Waals surface area contributed by atoms with E-state index in [1.807, 2.05) is 66.7 Å². The second kappa shape index (κ2) is 19.9. The SMILES string of the molecule is Cc1ccc(C2(O)c3cc(Br)ccc3-c3ccc(Br)cc32)cc1.Cc1ccc(C2(c3ccc(O)cc3)c3cc(Br)ccc3-c3ccc(Br)cc32)cc1.O=S(=O)(O)C(F)(F)F.Oc1ccccc1. The largest absolute Gasteiger partial charge is 0.522 e. The highest BCUT2D eigenvalue weighted by molar-refractivity contribution is 9.11. The van der Waals surface area contributed by atoms with E-state index in [1.165, 1.54) is 38.9 Å². The topological polar surface area (TPSA) is 115 Å². The summed E-state index contributed by atoms with van der Waals surface area (Å²) in [7, 11) is -5.84. The predicted molar refractivity (Wildman–Crippen MR) is 272 cm³/mol. The van der Waals surface area contributed by atoms with Crippen molar-refractivity contribution in [1.29, 1.82) is 0 Å². The molecule has 8 aromatic carbocycles. The van der Waals surface area contributed by atoms with Crippen LogP contribution in [0.3, 0.4) is 0 Å². The number of halogens is 7. The Balaban J connectivity index is 0.000000155. The minimum absolute atomic E-state index is 0.273. The Labute approximate surface area is 420 Å². The lowest BCUT2D eigenvalue weighted by Gasteiger charge is -2.34. The second-order valence-corrected chi connectivity index (χ2v) is 20.8. The lowest BCUT2D eigenvalue weighted by molar-refractivity contribution is -0.0510. The van der Waals surface area contributed by atoms with Crippen molar-refractivity contribution in [2.75, 3.05) is 0 Å². The average molecular weight is 1180 g/mol. The van der Waals surface area contributed by atoms with Gasteiger partial charge in [-0.3, -0.25) is 4.55 Å². The molecule has 0 saturated heterocycles. The Morgan fingerprint density at radius 3 is 1.07 bits per heavy atom. The zero-order chi connectivity index (χ0) is 48.5. The number of aliphatic hydroxyl groups is 1. The lowest BCUT2D eigenvalue weighted by Crippen LogP contribution is -2.28. The van der Waals surface area contributed by atoms with Gasteiger partial charge in [0.25, 0.3) is 0 Å². The maximum atomic E-state index is 11.8. The standard InChI is InChI=1S/C26H18Br2O.C20H14Br2O.C6H6O.CHF3O3S/c1-16-2-4-17(5-3-16)26(18-6-10-21(29)11-7-18)24-14-19(27)8-12-22(24)23-13-9-20(28)15-25(23)26;1-12-2-4-13(5-3-12)20(23)18-10-14(21)6-8-16(18)17-9-7-15(22)11-19(17)20;7-6-4-2-1-3-5-6;2-1(3,4)8(5,6)7/h2-15,29H,1H3;2-11,23H,1H3;1-5,7H;(H,5,6,7). The van der Waals surface area contributed by atoms with E-state index < -0.39 is 26.6 Å². The van der Waals surface area contributed by atoms with Crippen LogP contribution in [-0.2, 0) is 21.1 Å². The normalized spacial score (nSPS) is 13.5. The van der Waals surface area contributed by atoms with Gasteiger partial charge >= 0.3 is 15.6 Å². The van der Waals surface area contributed by atoms with E-state index in [0.29, 0.717) is 5.75 Å². The fourth-order valence-electron chi connectivity index (χ4n) is 8.35. The number of phenols is 2. The first-order chi connectivity index (χ1) is 31.6. The van der Waals surface area contributed by atoms with Crippen molar-refractivity contribution in [3.8, 4) is 33.8 Å². The van der Waals surface area contributed by atoms with E-state index >= 15 is 0 Å². The number of aryl methyl sites for hydroxylation is 2. The molecule has 14 heteroatoms. The van der Waals surface area contributed by atoms with Crippen LogP contribution >= 0.6 is 63.7 Å². The predicted octanol–water partition coefficient (Wildman–Crippen LogP) is 15.2. The Morgan fingerprint density at radius 1 is 0.448 bits per heavy atom. The van der Waals surface area contributed by atoms with Gasteiger partial charge in [0.15, 0.2) is 0 Å². The van der Waals surface area contributed by atoms with E-state index in [2.05, 4.69) is 150 Å². The molecule has 342 valence electrons. The van der Waals surface area contributed by atoms with Gasteiger partial charge < -0.3 is 15.3 Å². The van der Waals surface area contributed by atoms with Crippen molar-refractivity contribution in [3.63, 3.8) is 0 Å². The van der Waals surface area contributed by atoms with Gasteiger partial charge in [0.05, 0.1) is 5.41 Å². The fraction of sp³-hybridized carbons (Fsp3) is 0.0943. The van der Waals surface area contributed by atoms with E-state index in [4.69, 9.17) is 18.1 Å². The van der Waals surface area contributed by atoms with Gasteiger partial charge in [0.2, 0.25) is 0 Å². The fourth-order valence-corrected chi connectivity index (χ4v) is 9.80. The highest BCUT2D eigenvalue weighted by Gasteiger charge is 2.47. The monoisotopic (exact) mass is 1180 g/mol. The molecule has 10 rings (SSSR count). The van der Waals surface area contributed by atoms with Crippen molar-refractivity contribution >= 4 is 73.8 Å². The van der Waals surface area contributed by atoms with Gasteiger partial charge in [0, 0.05) is 29.0 Å². The van der Waals surface area contributed by atoms with E-state index in [9.17, 15) is 23.4 Å². The Kier molecular flexibility index (Phi) is 14.8. The van der Waals surface area contributed by atoms with Crippen molar-refractivity contribution in [2.24, 2.45) is 0 Å². The highest BCUT2D eigenvalue weighted by Crippen LogP contribution is 2.57. The van der Waals surface area contributed by atoms with Gasteiger partial charge in [-0.1, -0.05) is 178 Å². The first-order valence-corrected chi connectivity index (χ1v) is 24.9. The summed E-state index contributed by atoms with van der Waals surface area (Å²) in [5, 5.41) is 30.4. The molecule has 2 aliphatic carbocycles. The summed E-state index contributed by atoms with van der Waals surface area (Å²) in [4.78, 5) is 0. The Hall–Kier alpha value is -5.06. The number of aromatic hydroxyl groups is 2. The molecule has 0 atom stereocenters. The molecule has 2 aliphatic rings. The third kappa shape index (κ3) is 10.2. The number of fused-ring (bicyclic) bond motifs is 6. The third-order valence-corrected chi connectivity index (χ3v) is 14.0. The minimum atomic E-state index is -5.84. The number of hydrogen-bond donors (Lipinski definition) is 4. The van der Waals surface area contributed by atoms with Crippen LogP contribution in [0.2, 0.25) is 0 Å². The van der Waals surface area contributed by atoms with Crippen LogP contribution in [0.15, 0.2) is 194 Å². The number of para-hydroxylation sites is 1. The molecular weight excluding hydrogens is 1140 g/mol. The molecule has 0 aromatic heterocycles. The van der Waals surface area contributed by atoms with Crippen LogP contribution in [0.5, 0.6) is 11.5 Å². The molecule has 0 heterocycles. The number of benzene rings is 8. The van der Waals surface area contributed by atoms with Gasteiger partial charge in [0.1, 0.15) is 17.1 Å². The Bertz CT molecular complexity index is 3030. The smallest absolute Gasteiger partial charge is 0.508 e. The molecule has 6 nitrogen and oxygen atoms in total. The van der Waals surface area contributed by atoms with Crippen LogP contribution in [0.4, 0.5) is 13.2 Å². The summed E-state index contributed by atoms with van der Waals surface area (Å²) < 4.78 is 61.6. The number of alkyl halides is 3. The van der Waals surface area contributed by atoms with Crippen LogP contribution in [-0.4, -0.2) is 33.8 Å². The molecule has 0 spiro atoms. The summed E-state index contributed by atoms with van der Waals surface area (Å²) in [5.74, 6) is 0.595. The molecule has 0 bridgehead atoms. The molecule has 0 unspecified atom stereocenters. The maximum Gasteiger partial charge on any atom is 0.522 e. The van der Waals surface area contributed by atoms with Crippen LogP contribution < -0.4 is 0 Å². The summed E-state index contributed by atoms with van der Waals surface area (Å²) in [6, 6.07) is 58.5. The van der Waals surface area contributed by atoms with Gasteiger partial charge in [-0.25, -0.2) is 0 Å². The summed E-state index contributed by atoms with van der Waals surface area (Å²) in [6.45, 7) is 4.16. The number of hydrogen-bond acceptors (Lipinski definition) is 5. The molecule has 0 fully saturated rings. The zero-order valence-corrected chi connectivity index (χ0v) is 42.6. The van der Waals surface area contributed by atoms with Crippen molar-refractivity contribution in [1.82, 2.24) is 0 Å². The Morgan fingerprint density at radius 2 is 0.746 bits per heavy atom. The molecule has 0 amide bonds. The first kappa shape index (κ1) is 49.8. The quantitative estimate of drug-likeness (QED) is 0.103. The van der Waals surface area contributed by atoms with Gasteiger partial charge in [-0.2, -0.15) is 21.6 Å². The molecule has 0 saturated carbocycles. The van der Waals surface area contributed by atoms with E-state index in [0.717, 1.165) is 51.3 Å². The van der Waals surface area contributed by atoms with Crippen LogP contribution in [0, 0.1) is 13.8 Å². The van der Waals surface area contributed by atoms with Gasteiger partial charge in [-0.15, -0.1) is 0 Å². The molecule has 0 aliphatic heterocycles. The van der Waals surface area contributed by atoms with Crippen LogP contribution in [0.25, 0.3) is 22.3 Å². The van der Waals surface area contributed by atoms with Gasteiger partial charge in [-0.05, 0) is 137 Å².